The van der Waals surface area contributed by atoms with E-state index in [0.717, 1.165) is 5.56 Å². The Kier molecular flexibility index (Phi) is 6.01. The molecule has 1 N–H and O–H groups in total. The van der Waals surface area contributed by atoms with E-state index in [0.29, 0.717) is 23.4 Å². The molecule has 2 aromatic rings. The maximum absolute atomic E-state index is 12.4. The molecule has 3 amide bonds. The van der Waals surface area contributed by atoms with E-state index < -0.39 is 5.41 Å². The number of carbonyl (C=O) groups excluding carboxylic acids is 3. The Hall–Kier alpha value is -2.73. The largest absolute Gasteiger partial charge is 0.310 e. The molecule has 0 fully saturated rings. The quantitative estimate of drug-likeness (QED) is 0.816. The third-order valence-electron chi connectivity index (χ3n) is 4.29. The predicted molar refractivity (Wildman–Crippen MR) is 105 cm³/mol. The zero-order valence-electron chi connectivity index (χ0n) is 15.5. The number of imide groups is 1. The highest BCUT2D eigenvalue weighted by Gasteiger charge is 2.34. The summed E-state index contributed by atoms with van der Waals surface area (Å²) in [4.78, 5) is 42.6. The minimum Gasteiger partial charge on any atom is -0.310 e. The van der Waals surface area contributed by atoms with Crippen LogP contribution in [-0.2, 0) is 11.2 Å². The van der Waals surface area contributed by atoms with Crippen molar-refractivity contribution < 1.29 is 14.4 Å². The molecule has 2 heterocycles. The van der Waals surface area contributed by atoms with Gasteiger partial charge in [0.1, 0.15) is 5.82 Å². The number of anilines is 1. The molecule has 0 spiro atoms. The van der Waals surface area contributed by atoms with Gasteiger partial charge < -0.3 is 5.32 Å². The van der Waals surface area contributed by atoms with E-state index in [1.54, 1.807) is 36.5 Å². The van der Waals surface area contributed by atoms with Gasteiger partial charge in [0, 0.05) is 18.2 Å². The first-order valence-electron chi connectivity index (χ1n) is 8.49. The van der Waals surface area contributed by atoms with Crippen LogP contribution in [0.1, 0.15) is 47.1 Å². The van der Waals surface area contributed by atoms with Crippen molar-refractivity contribution in [2.45, 2.75) is 27.2 Å². The lowest BCUT2D eigenvalue weighted by atomic mass is 9.95. The average Bonchev–Trinajstić information content (AvgIpc) is 2.85. The zero-order valence-corrected chi connectivity index (χ0v) is 16.3. The van der Waals surface area contributed by atoms with Gasteiger partial charge in [-0.25, -0.2) is 4.98 Å². The summed E-state index contributed by atoms with van der Waals surface area (Å²) in [5, 5.41) is 2.83. The fourth-order valence-corrected chi connectivity index (χ4v) is 2.72. The van der Waals surface area contributed by atoms with Gasteiger partial charge in [-0.15, -0.1) is 12.4 Å². The van der Waals surface area contributed by atoms with E-state index in [9.17, 15) is 14.4 Å². The molecule has 0 radical (unpaired) electrons. The molecule has 6 nitrogen and oxygen atoms in total. The molecule has 0 saturated carbocycles. The van der Waals surface area contributed by atoms with Gasteiger partial charge in [0.25, 0.3) is 11.8 Å². The number of carbonyl (C=O) groups is 3. The van der Waals surface area contributed by atoms with Gasteiger partial charge in [0.05, 0.1) is 11.1 Å². The first-order chi connectivity index (χ1) is 12.3. The normalized spacial score (nSPS) is 13.2. The second-order valence-corrected chi connectivity index (χ2v) is 7.27. The summed E-state index contributed by atoms with van der Waals surface area (Å²) in [6.45, 7) is 5.70. The van der Waals surface area contributed by atoms with Gasteiger partial charge in [0.2, 0.25) is 5.91 Å². The minimum atomic E-state index is -0.544. The van der Waals surface area contributed by atoms with Crippen molar-refractivity contribution in [3.8, 4) is 0 Å². The highest BCUT2D eigenvalue weighted by Crippen LogP contribution is 2.24. The van der Waals surface area contributed by atoms with E-state index in [-0.39, 0.29) is 36.7 Å². The zero-order chi connectivity index (χ0) is 18.9. The van der Waals surface area contributed by atoms with Crippen LogP contribution in [0, 0.1) is 5.41 Å². The summed E-state index contributed by atoms with van der Waals surface area (Å²) in [5.74, 6) is -0.244. The van der Waals surface area contributed by atoms with Crippen LogP contribution in [0.3, 0.4) is 0 Å². The lowest BCUT2D eigenvalue weighted by Gasteiger charge is -2.19. The van der Waals surface area contributed by atoms with Crippen LogP contribution in [0.5, 0.6) is 0 Å². The van der Waals surface area contributed by atoms with Crippen LogP contribution in [0.15, 0.2) is 42.6 Å². The van der Waals surface area contributed by atoms with E-state index in [1.165, 1.54) is 4.90 Å². The van der Waals surface area contributed by atoms with E-state index in [1.807, 2.05) is 26.8 Å². The number of aromatic nitrogens is 1. The molecular weight excluding hydrogens is 366 g/mol. The lowest BCUT2D eigenvalue weighted by Crippen LogP contribution is -2.32. The smallest absolute Gasteiger partial charge is 0.261 e. The highest BCUT2D eigenvalue weighted by atomic mass is 35.5. The number of fused-ring (bicyclic) bond motifs is 1. The topological polar surface area (TPSA) is 79.4 Å². The number of pyridine rings is 1. The fourth-order valence-electron chi connectivity index (χ4n) is 2.72. The molecule has 1 aliphatic rings. The number of hydrogen-bond acceptors (Lipinski definition) is 4. The molecule has 0 saturated heterocycles. The summed E-state index contributed by atoms with van der Waals surface area (Å²) >= 11 is 0. The number of halogens is 1. The summed E-state index contributed by atoms with van der Waals surface area (Å²) < 4.78 is 0. The van der Waals surface area contributed by atoms with Crippen LogP contribution < -0.4 is 5.32 Å². The lowest BCUT2D eigenvalue weighted by molar-refractivity contribution is -0.123. The Labute approximate surface area is 164 Å². The predicted octanol–water partition coefficient (Wildman–Crippen LogP) is 3.33. The molecule has 27 heavy (non-hydrogen) atoms. The number of nitrogens with one attached hydrogen (secondary N) is 1. The molecule has 1 aromatic heterocycles. The second-order valence-electron chi connectivity index (χ2n) is 7.27. The molecule has 7 heteroatoms. The molecular formula is C20H22ClN3O3. The summed E-state index contributed by atoms with van der Waals surface area (Å²) in [6, 6.07) is 10.4. The summed E-state index contributed by atoms with van der Waals surface area (Å²) in [5.41, 5.74) is 1.11. The van der Waals surface area contributed by atoms with Crippen LogP contribution in [0.2, 0.25) is 0 Å². The standard InChI is InChI=1S/C20H21N3O3.ClH/c1-20(2,3)19(26)22-16-13(7-6-11-21-16)10-12-23-17(24)14-8-4-5-9-15(14)18(23)25;/h4-9,11H,10,12H2,1-3H3,(H,21,22,26);1H. The van der Waals surface area contributed by atoms with Crippen LogP contribution >= 0.6 is 12.4 Å². The summed E-state index contributed by atoms with van der Waals surface area (Å²) in [7, 11) is 0. The number of hydrogen-bond donors (Lipinski definition) is 1. The molecule has 1 aliphatic heterocycles. The third-order valence-corrected chi connectivity index (χ3v) is 4.29. The minimum absolute atomic E-state index is 0. The van der Waals surface area contributed by atoms with Crippen LogP contribution in [0.25, 0.3) is 0 Å². The van der Waals surface area contributed by atoms with E-state index in [2.05, 4.69) is 10.3 Å². The number of nitrogens with zero attached hydrogens (tertiary/aromatic N) is 2. The van der Waals surface area contributed by atoms with Gasteiger partial charge in [-0.05, 0) is 30.2 Å². The van der Waals surface area contributed by atoms with Gasteiger partial charge in [0.15, 0.2) is 0 Å². The first-order valence-corrected chi connectivity index (χ1v) is 8.49. The molecule has 0 aliphatic carbocycles. The van der Waals surface area contributed by atoms with E-state index >= 15 is 0 Å². The SMILES string of the molecule is CC(C)(C)C(=O)Nc1ncccc1CCN1C(=O)c2ccccc2C1=O.Cl. The number of amides is 3. The Bertz CT molecular complexity index is 855. The third kappa shape index (κ3) is 4.17. The van der Waals surface area contributed by atoms with Gasteiger partial charge in [-0.2, -0.15) is 0 Å². The molecule has 0 atom stereocenters. The average molecular weight is 388 g/mol. The Morgan fingerprint density at radius 2 is 1.63 bits per heavy atom. The van der Waals surface area contributed by atoms with Crippen molar-refractivity contribution in [1.29, 1.82) is 0 Å². The number of benzene rings is 1. The Morgan fingerprint density at radius 3 is 2.19 bits per heavy atom. The molecule has 0 unspecified atom stereocenters. The van der Waals surface area contributed by atoms with Crippen LogP contribution in [-0.4, -0.2) is 34.2 Å². The van der Waals surface area contributed by atoms with Crippen molar-refractivity contribution in [1.82, 2.24) is 9.88 Å². The van der Waals surface area contributed by atoms with Crippen molar-refractivity contribution in [3.05, 3.63) is 59.3 Å². The van der Waals surface area contributed by atoms with Crippen molar-refractivity contribution in [2.75, 3.05) is 11.9 Å². The van der Waals surface area contributed by atoms with Crippen molar-refractivity contribution >= 4 is 35.9 Å². The monoisotopic (exact) mass is 387 g/mol. The van der Waals surface area contributed by atoms with Gasteiger partial charge in [-0.1, -0.05) is 39.0 Å². The molecule has 0 bridgehead atoms. The van der Waals surface area contributed by atoms with Crippen molar-refractivity contribution in [2.24, 2.45) is 5.41 Å². The first kappa shape index (κ1) is 20.6. The van der Waals surface area contributed by atoms with Crippen molar-refractivity contribution in [3.63, 3.8) is 0 Å². The maximum Gasteiger partial charge on any atom is 0.261 e. The Morgan fingerprint density at radius 1 is 1.04 bits per heavy atom. The van der Waals surface area contributed by atoms with E-state index in [4.69, 9.17) is 0 Å². The maximum atomic E-state index is 12.4. The Balaban J connectivity index is 0.00000261. The number of rotatable bonds is 4. The molecule has 1 aromatic carbocycles. The highest BCUT2D eigenvalue weighted by molar-refractivity contribution is 6.21. The molecule has 142 valence electrons. The van der Waals surface area contributed by atoms with Gasteiger partial charge in [-0.3, -0.25) is 19.3 Å². The summed E-state index contributed by atoms with van der Waals surface area (Å²) in [6.07, 6.45) is 2.02. The molecule has 3 rings (SSSR count). The second kappa shape index (κ2) is 7.88. The fraction of sp³-hybridized carbons (Fsp3) is 0.300. The van der Waals surface area contributed by atoms with Gasteiger partial charge >= 0.3 is 0 Å². The van der Waals surface area contributed by atoms with Crippen LogP contribution in [0.4, 0.5) is 5.82 Å².